The second-order valence-corrected chi connectivity index (χ2v) is 9.46. The Morgan fingerprint density at radius 2 is 1.79 bits per heavy atom. The van der Waals surface area contributed by atoms with Crippen molar-refractivity contribution in [3.8, 4) is 0 Å². The van der Waals surface area contributed by atoms with E-state index in [9.17, 15) is 19.8 Å². The van der Waals surface area contributed by atoms with Crippen LogP contribution in [0.25, 0.3) is 0 Å². The van der Waals surface area contributed by atoms with Gasteiger partial charge in [0.1, 0.15) is 0 Å². The number of nitrogens with one attached hydrogen (secondary N) is 2. The number of aliphatic hydroxyl groups excluding tert-OH is 2. The van der Waals surface area contributed by atoms with Crippen LogP contribution in [0, 0.1) is 11.8 Å². The lowest BCUT2D eigenvalue weighted by Crippen LogP contribution is -2.43. The minimum absolute atomic E-state index is 0.00272. The maximum absolute atomic E-state index is 12.7. The van der Waals surface area contributed by atoms with Gasteiger partial charge in [-0.1, -0.05) is 42.5 Å². The Morgan fingerprint density at radius 3 is 2.39 bits per heavy atom. The lowest BCUT2D eigenvalue weighted by Gasteiger charge is -2.32. The highest BCUT2D eigenvalue weighted by Crippen LogP contribution is 2.23. The van der Waals surface area contributed by atoms with E-state index in [0.29, 0.717) is 37.7 Å². The minimum atomic E-state index is -0.653. The molecule has 1 saturated heterocycles. The zero-order chi connectivity index (χ0) is 23.2. The predicted molar refractivity (Wildman–Crippen MR) is 126 cm³/mol. The molecule has 2 unspecified atom stereocenters. The van der Waals surface area contributed by atoms with Gasteiger partial charge in [-0.25, -0.2) is 0 Å². The van der Waals surface area contributed by atoms with Crippen molar-refractivity contribution in [2.24, 2.45) is 11.8 Å². The molecule has 4 rings (SSSR count). The molecule has 178 valence electrons. The second-order valence-electron chi connectivity index (χ2n) is 9.46. The Hall–Kier alpha value is -2.48. The highest BCUT2D eigenvalue weighted by Gasteiger charge is 2.26. The van der Waals surface area contributed by atoms with Crippen LogP contribution in [-0.4, -0.2) is 71.9 Å². The maximum atomic E-state index is 12.7. The lowest BCUT2D eigenvalue weighted by molar-refractivity contribution is -0.128. The smallest absolute Gasteiger partial charge is 0.253 e. The molecule has 7 heteroatoms. The Kier molecular flexibility index (Phi) is 7.96. The molecule has 2 aliphatic carbocycles. The number of carbonyl (C=O) groups is 2. The second kappa shape index (κ2) is 11.1. The first-order valence-corrected chi connectivity index (χ1v) is 12.1. The number of hydrogen-bond donors (Lipinski definition) is 4. The molecular formula is C26H35N3O4. The van der Waals surface area contributed by atoms with Crippen molar-refractivity contribution in [3.05, 3.63) is 59.2 Å². The fourth-order valence-electron chi connectivity index (χ4n) is 4.90. The summed E-state index contributed by atoms with van der Waals surface area (Å²) in [6.07, 6.45) is 8.77. The molecule has 3 aliphatic rings. The predicted octanol–water partition coefficient (Wildman–Crippen LogP) is 0.954. The average molecular weight is 454 g/mol. The van der Waals surface area contributed by atoms with E-state index < -0.39 is 6.10 Å². The van der Waals surface area contributed by atoms with Crippen LogP contribution in [0.4, 0.5) is 0 Å². The number of aliphatic hydroxyl groups is 2. The fraction of sp³-hybridized carbons (Fsp3) is 0.538. The van der Waals surface area contributed by atoms with E-state index in [2.05, 4.69) is 34.9 Å². The van der Waals surface area contributed by atoms with Crippen molar-refractivity contribution in [1.82, 2.24) is 15.5 Å². The zero-order valence-electron chi connectivity index (χ0n) is 19.1. The van der Waals surface area contributed by atoms with Crippen molar-refractivity contribution in [1.29, 1.82) is 0 Å². The van der Waals surface area contributed by atoms with Crippen molar-refractivity contribution in [2.45, 2.75) is 44.2 Å². The van der Waals surface area contributed by atoms with Gasteiger partial charge in [-0.15, -0.1) is 0 Å². The van der Waals surface area contributed by atoms with Crippen LogP contribution < -0.4 is 10.6 Å². The lowest BCUT2D eigenvalue weighted by atomic mass is 9.93. The SMILES string of the molecule is O=C(NCC(O)CNC1Cc2ccccc2C1)C1C=CC(C(=O)N2CCC(CO)CC2)=CC1. The summed E-state index contributed by atoms with van der Waals surface area (Å²) in [5.74, 6) is -0.175. The van der Waals surface area contributed by atoms with E-state index in [0.717, 1.165) is 25.7 Å². The van der Waals surface area contributed by atoms with Gasteiger partial charge in [-0.3, -0.25) is 9.59 Å². The first-order valence-electron chi connectivity index (χ1n) is 12.1. The van der Waals surface area contributed by atoms with Crippen molar-refractivity contribution in [2.75, 3.05) is 32.8 Å². The molecule has 0 bridgehead atoms. The summed E-state index contributed by atoms with van der Waals surface area (Å²) in [6, 6.07) is 8.74. The van der Waals surface area contributed by atoms with Crippen LogP contribution in [0.1, 0.15) is 30.4 Å². The number of hydrogen-bond acceptors (Lipinski definition) is 5. The number of amides is 2. The summed E-state index contributed by atoms with van der Waals surface area (Å²) in [6.45, 7) is 2.15. The largest absolute Gasteiger partial charge is 0.396 e. The van der Waals surface area contributed by atoms with Gasteiger partial charge in [0.15, 0.2) is 0 Å². The van der Waals surface area contributed by atoms with Gasteiger partial charge in [-0.2, -0.15) is 0 Å². The number of nitrogens with zero attached hydrogens (tertiary/aromatic N) is 1. The summed E-state index contributed by atoms with van der Waals surface area (Å²) < 4.78 is 0. The molecule has 0 radical (unpaired) electrons. The van der Waals surface area contributed by atoms with E-state index in [4.69, 9.17) is 0 Å². The third-order valence-electron chi connectivity index (χ3n) is 7.05. The molecule has 2 amide bonds. The molecule has 0 aromatic heterocycles. The Morgan fingerprint density at radius 1 is 1.09 bits per heavy atom. The molecule has 33 heavy (non-hydrogen) atoms. The zero-order valence-corrected chi connectivity index (χ0v) is 19.1. The molecule has 1 heterocycles. The van der Waals surface area contributed by atoms with Crippen molar-refractivity contribution in [3.63, 3.8) is 0 Å². The molecular weight excluding hydrogens is 418 g/mol. The average Bonchev–Trinajstić information content (AvgIpc) is 3.29. The first kappa shape index (κ1) is 23.7. The molecule has 1 aromatic carbocycles. The van der Waals surface area contributed by atoms with Crippen molar-refractivity contribution < 1.29 is 19.8 Å². The molecule has 2 atom stereocenters. The van der Waals surface area contributed by atoms with Gasteiger partial charge in [0, 0.05) is 44.4 Å². The quantitative estimate of drug-likeness (QED) is 0.470. The summed E-state index contributed by atoms with van der Waals surface area (Å²) in [5, 5.41) is 25.8. The number of likely N-dealkylation sites (tertiary alicyclic amines) is 1. The normalized spacial score (nSPS) is 22.1. The van der Waals surface area contributed by atoms with Crippen LogP contribution in [0.5, 0.6) is 0 Å². The minimum Gasteiger partial charge on any atom is -0.396 e. The van der Waals surface area contributed by atoms with Gasteiger partial charge in [0.2, 0.25) is 5.91 Å². The standard InChI is InChI=1S/C26H35N3O4/c30-17-18-9-11-29(12-10-18)26(33)20-7-5-19(6-8-20)25(32)28-16-24(31)15-27-23-13-21-3-1-2-4-22(21)14-23/h1-5,7-8,18-19,23-24,27,30-31H,6,9-17H2,(H,28,32). The molecule has 7 nitrogen and oxygen atoms in total. The molecule has 0 saturated carbocycles. The van der Waals surface area contributed by atoms with E-state index in [1.807, 2.05) is 11.0 Å². The summed E-state index contributed by atoms with van der Waals surface area (Å²) >= 11 is 0. The van der Waals surface area contributed by atoms with E-state index in [-0.39, 0.29) is 36.8 Å². The molecule has 4 N–H and O–H groups in total. The third kappa shape index (κ3) is 6.10. The molecule has 0 spiro atoms. The Labute approximate surface area is 195 Å². The number of piperidine rings is 1. The Balaban J connectivity index is 1.15. The van der Waals surface area contributed by atoms with Crippen LogP contribution in [0.3, 0.4) is 0 Å². The molecule has 1 fully saturated rings. The van der Waals surface area contributed by atoms with Crippen LogP contribution >= 0.6 is 0 Å². The van der Waals surface area contributed by atoms with Gasteiger partial charge in [0.05, 0.1) is 12.0 Å². The van der Waals surface area contributed by atoms with Crippen molar-refractivity contribution >= 4 is 11.8 Å². The van der Waals surface area contributed by atoms with Gasteiger partial charge >= 0.3 is 0 Å². The number of fused-ring (bicyclic) bond motifs is 1. The highest BCUT2D eigenvalue weighted by molar-refractivity contribution is 5.97. The van der Waals surface area contributed by atoms with Gasteiger partial charge < -0.3 is 25.7 Å². The number of benzene rings is 1. The summed E-state index contributed by atoms with van der Waals surface area (Å²) in [4.78, 5) is 27.0. The third-order valence-corrected chi connectivity index (χ3v) is 7.05. The van der Waals surface area contributed by atoms with Crippen LogP contribution in [-0.2, 0) is 22.4 Å². The van der Waals surface area contributed by atoms with Gasteiger partial charge in [-0.05, 0) is 49.1 Å². The van der Waals surface area contributed by atoms with E-state index in [1.165, 1.54) is 11.1 Å². The fourth-order valence-corrected chi connectivity index (χ4v) is 4.90. The number of allylic oxidation sites excluding steroid dienone is 1. The monoisotopic (exact) mass is 453 g/mol. The molecule has 1 aliphatic heterocycles. The van der Waals surface area contributed by atoms with Crippen LogP contribution in [0.2, 0.25) is 0 Å². The number of carbonyl (C=O) groups excluding carboxylic acids is 2. The number of rotatable bonds is 8. The molecule has 1 aromatic rings. The van der Waals surface area contributed by atoms with E-state index >= 15 is 0 Å². The first-order chi connectivity index (χ1) is 16.0. The van der Waals surface area contributed by atoms with E-state index in [1.54, 1.807) is 12.2 Å². The van der Waals surface area contributed by atoms with Gasteiger partial charge in [0.25, 0.3) is 5.91 Å². The Bertz CT molecular complexity index is 880. The highest BCUT2D eigenvalue weighted by atomic mass is 16.3. The topological polar surface area (TPSA) is 102 Å². The van der Waals surface area contributed by atoms with Crippen LogP contribution in [0.15, 0.2) is 48.1 Å². The summed E-state index contributed by atoms with van der Waals surface area (Å²) in [5.41, 5.74) is 3.35. The summed E-state index contributed by atoms with van der Waals surface area (Å²) in [7, 11) is 0. The maximum Gasteiger partial charge on any atom is 0.253 e.